The van der Waals surface area contributed by atoms with Crippen LogP contribution >= 0.6 is 0 Å². The third kappa shape index (κ3) is 3.34. The smallest absolute Gasteiger partial charge is 0.331 e. The first-order chi connectivity index (χ1) is 10.9. The van der Waals surface area contributed by atoms with Crippen LogP contribution in [0.15, 0.2) is 54.6 Å². The van der Waals surface area contributed by atoms with Crippen molar-refractivity contribution in [3.8, 4) is 0 Å². The molecule has 2 aromatic carbocycles. The first-order valence-electron chi connectivity index (χ1n) is 6.72. The summed E-state index contributed by atoms with van der Waals surface area (Å²) in [6.45, 7) is 0. The van der Waals surface area contributed by atoms with Crippen LogP contribution in [-0.2, 0) is 4.79 Å². The highest BCUT2D eigenvalue weighted by Crippen LogP contribution is 2.25. The molecule has 118 valence electrons. The van der Waals surface area contributed by atoms with Crippen LogP contribution in [-0.4, -0.2) is 33.9 Å². The number of amides is 1. The van der Waals surface area contributed by atoms with Crippen LogP contribution in [0.5, 0.6) is 0 Å². The lowest BCUT2D eigenvalue weighted by molar-refractivity contribution is -0.385. The van der Waals surface area contributed by atoms with Gasteiger partial charge in [0.05, 0.1) is 4.92 Å². The Balaban J connectivity index is 2.42. The molecule has 1 N–H and O–H groups in total. The number of hydrogen-bond donors (Lipinski definition) is 1. The summed E-state index contributed by atoms with van der Waals surface area (Å²) in [7, 11) is 1.31. The fourth-order valence-corrected chi connectivity index (χ4v) is 2.29. The SMILES string of the molecule is CN(C(=O)c1ccccc1[N+](=O)[O-])C(C(=O)O)c1ccccc1. The number of para-hydroxylation sites is 1. The second-order valence-electron chi connectivity index (χ2n) is 4.84. The van der Waals surface area contributed by atoms with Gasteiger partial charge in [-0.2, -0.15) is 0 Å². The molecule has 0 radical (unpaired) electrons. The summed E-state index contributed by atoms with van der Waals surface area (Å²) < 4.78 is 0. The number of nitrogens with zero attached hydrogens (tertiary/aromatic N) is 2. The number of carbonyl (C=O) groups is 2. The normalized spacial score (nSPS) is 11.5. The summed E-state index contributed by atoms with van der Waals surface area (Å²) in [4.78, 5) is 35.5. The lowest BCUT2D eigenvalue weighted by atomic mass is 10.0. The van der Waals surface area contributed by atoms with Crippen LogP contribution in [0, 0.1) is 10.1 Å². The van der Waals surface area contributed by atoms with Gasteiger partial charge in [0.2, 0.25) is 0 Å². The molecule has 0 heterocycles. The Morgan fingerprint density at radius 3 is 2.22 bits per heavy atom. The monoisotopic (exact) mass is 314 g/mol. The average Bonchev–Trinajstić information content (AvgIpc) is 2.54. The highest BCUT2D eigenvalue weighted by atomic mass is 16.6. The Labute approximate surface area is 131 Å². The van der Waals surface area contributed by atoms with Gasteiger partial charge in [-0.1, -0.05) is 42.5 Å². The van der Waals surface area contributed by atoms with Crippen molar-refractivity contribution < 1.29 is 19.6 Å². The van der Waals surface area contributed by atoms with Crippen LogP contribution in [0.3, 0.4) is 0 Å². The van der Waals surface area contributed by atoms with Gasteiger partial charge in [0.15, 0.2) is 6.04 Å². The zero-order valence-electron chi connectivity index (χ0n) is 12.2. The minimum Gasteiger partial charge on any atom is -0.479 e. The van der Waals surface area contributed by atoms with Gasteiger partial charge in [-0.3, -0.25) is 14.9 Å². The minimum atomic E-state index is -1.23. The summed E-state index contributed by atoms with van der Waals surface area (Å²) in [6, 6.07) is 12.4. The van der Waals surface area contributed by atoms with Crippen LogP contribution in [0.25, 0.3) is 0 Å². The lowest BCUT2D eigenvalue weighted by Crippen LogP contribution is -2.36. The molecule has 0 aliphatic rings. The van der Waals surface area contributed by atoms with Gasteiger partial charge in [-0.05, 0) is 11.6 Å². The van der Waals surface area contributed by atoms with E-state index >= 15 is 0 Å². The molecule has 0 aliphatic carbocycles. The molecular formula is C16H14N2O5. The maximum Gasteiger partial charge on any atom is 0.331 e. The number of carboxylic acids is 1. The van der Waals surface area contributed by atoms with Gasteiger partial charge < -0.3 is 10.0 Å². The summed E-state index contributed by atoms with van der Waals surface area (Å²) in [5.74, 6) is -1.95. The van der Waals surface area contributed by atoms with Crippen molar-refractivity contribution in [2.45, 2.75) is 6.04 Å². The molecule has 7 nitrogen and oxygen atoms in total. The Morgan fingerprint density at radius 2 is 1.65 bits per heavy atom. The van der Waals surface area contributed by atoms with Crippen molar-refractivity contribution in [3.63, 3.8) is 0 Å². The standard InChI is InChI=1S/C16H14N2O5/c1-17(14(16(20)21)11-7-3-2-4-8-11)15(19)12-9-5-6-10-13(12)18(22)23/h2-10,14H,1H3,(H,20,21). The third-order valence-corrected chi connectivity index (χ3v) is 3.39. The zero-order chi connectivity index (χ0) is 17.0. The fourth-order valence-electron chi connectivity index (χ4n) is 2.29. The number of carbonyl (C=O) groups excluding carboxylic acids is 1. The predicted molar refractivity (Wildman–Crippen MR) is 82.0 cm³/mol. The van der Waals surface area contributed by atoms with Crippen molar-refractivity contribution in [1.29, 1.82) is 0 Å². The molecule has 2 rings (SSSR count). The van der Waals surface area contributed by atoms with Gasteiger partial charge in [-0.25, -0.2) is 4.79 Å². The molecule has 0 saturated carbocycles. The molecule has 2 aromatic rings. The van der Waals surface area contributed by atoms with Crippen molar-refractivity contribution in [3.05, 3.63) is 75.8 Å². The largest absolute Gasteiger partial charge is 0.479 e. The van der Waals surface area contributed by atoms with Crippen molar-refractivity contribution in [2.24, 2.45) is 0 Å². The van der Waals surface area contributed by atoms with E-state index in [1.165, 1.54) is 31.3 Å². The highest BCUT2D eigenvalue weighted by Gasteiger charge is 2.31. The topological polar surface area (TPSA) is 101 Å². The van der Waals surface area contributed by atoms with E-state index < -0.39 is 22.8 Å². The quantitative estimate of drug-likeness (QED) is 0.675. The van der Waals surface area contributed by atoms with E-state index in [1.807, 2.05) is 0 Å². The second-order valence-corrected chi connectivity index (χ2v) is 4.84. The van der Waals surface area contributed by atoms with Crippen LogP contribution in [0.1, 0.15) is 22.0 Å². The molecule has 0 aromatic heterocycles. The Bertz CT molecular complexity index is 745. The summed E-state index contributed by atoms with van der Waals surface area (Å²) in [5.41, 5.74) is -0.0989. The van der Waals surface area contributed by atoms with E-state index in [0.717, 1.165) is 4.90 Å². The summed E-state index contributed by atoms with van der Waals surface area (Å²) in [5, 5.41) is 20.5. The van der Waals surface area contributed by atoms with Gasteiger partial charge >= 0.3 is 5.97 Å². The van der Waals surface area contributed by atoms with Crippen LogP contribution < -0.4 is 0 Å². The van der Waals surface area contributed by atoms with Gasteiger partial charge in [0, 0.05) is 13.1 Å². The number of nitro groups is 1. The second kappa shape index (κ2) is 6.69. The first-order valence-corrected chi connectivity index (χ1v) is 6.72. The van der Waals surface area contributed by atoms with Gasteiger partial charge in [-0.15, -0.1) is 0 Å². The van der Waals surface area contributed by atoms with Crippen LogP contribution in [0.2, 0.25) is 0 Å². The number of nitro benzene ring substituents is 1. The molecule has 0 spiro atoms. The predicted octanol–water partition coefficient (Wildman–Crippen LogP) is 2.49. The third-order valence-electron chi connectivity index (χ3n) is 3.39. The maximum absolute atomic E-state index is 12.5. The summed E-state index contributed by atoms with van der Waals surface area (Å²) >= 11 is 0. The number of carboxylic acid groups (broad SMARTS) is 1. The molecule has 0 fully saturated rings. The molecule has 0 bridgehead atoms. The number of hydrogen-bond acceptors (Lipinski definition) is 4. The highest BCUT2D eigenvalue weighted by molar-refractivity contribution is 6.00. The first kappa shape index (κ1) is 16.2. The molecule has 23 heavy (non-hydrogen) atoms. The molecule has 1 unspecified atom stereocenters. The number of likely N-dealkylation sites (N-methyl/N-ethyl adjacent to an activating group) is 1. The molecule has 0 saturated heterocycles. The molecule has 0 aliphatic heterocycles. The molecule has 1 atom stereocenters. The number of aliphatic carboxylic acids is 1. The van der Waals surface area contributed by atoms with E-state index in [-0.39, 0.29) is 11.3 Å². The van der Waals surface area contributed by atoms with E-state index in [4.69, 9.17) is 0 Å². The number of rotatable bonds is 5. The minimum absolute atomic E-state index is 0.151. The lowest BCUT2D eigenvalue weighted by Gasteiger charge is -2.25. The van der Waals surface area contributed by atoms with Crippen molar-refractivity contribution in [1.82, 2.24) is 4.90 Å². The summed E-state index contributed by atoms with van der Waals surface area (Å²) in [6.07, 6.45) is 0. The Kier molecular flexibility index (Phi) is 4.70. The Hall–Kier alpha value is -3.22. The van der Waals surface area contributed by atoms with Gasteiger partial charge in [0.1, 0.15) is 5.56 Å². The van der Waals surface area contributed by atoms with E-state index in [0.29, 0.717) is 5.56 Å². The number of benzene rings is 2. The molecule has 1 amide bonds. The molecular weight excluding hydrogens is 300 g/mol. The zero-order valence-corrected chi connectivity index (χ0v) is 12.2. The average molecular weight is 314 g/mol. The Morgan fingerprint density at radius 1 is 1.09 bits per heavy atom. The van der Waals surface area contributed by atoms with E-state index in [9.17, 15) is 24.8 Å². The van der Waals surface area contributed by atoms with E-state index in [1.54, 1.807) is 30.3 Å². The van der Waals surface area contributed by atoms with Crippen LogP contribution in [0.4, 0.5) is 5.69 Å². The molecule has 7 heteroatoms. The maximum atomic E-state index is 12.5. The van der Waals surface area contributed by atoms with Crippen molar-refractivity contribution in [2.75, 3.05) is 7.05 Å². The van der Waals surface area contributed by atoms with Crippen molar-refractivity contribution >= 4 is 17.6 Å². The van der Waals surface area contributed by atoms with E-state index in [2.05, 4.69) is 0 Å². The van der Waals surface area contributed by atoms with Gasteiger partial charge in [0.25, 0.3) is 11.6 Å². The fraction of sp³-hybridized carbons (Fsp3) is 0.125.